The normalized spacial score (nSPS) is 16.7. The molecule has 0 unspecified atom stereocenters. The number of nitrogens with zero attached hydrogens (tertiary/aromatic N) is 2. The molecule has 0 aliphatic carbocycles. The molecule has 0 spiro atoms. The van der Waals surface area contributed by atoms with E-state index in [9.17, 15) is 31.2 Å². The number of amides is 3. The molecule has 1 aromatic rings. The molecule has 150 valence electrons. The molecule has 9 nitrogen and oxygen atoms in total. The Morgan fingerprint density at radius 3 is 2.15 bits per heavy atom. The highest BCUT2D eigenvalue weighted by Gasteiger charge is 2.32. The Balaban J connectivity index is 1.96. The Bertz CT molecular complexity index is 790. The SMILES string of the molecule is NC(=O)NC(=O)CN1CCN(S(=O)(=O)c2ccc(OC(F)(F)F)cc2)CC1. The van der Waals surface area contributed by atoms with Gasteiger partial charge in [0.2, 0.25) is 15.9 Å². The third-order valence-corrected chi connectivity index (χ3v) is 5.57. The summed E-state index contributed by atoms with van der Waals surface area (Å²) in [5.74, 6) is -1.12. The number of halogens is 3. The van der Waals surface area contributed by atoms with Crippen LogP contribution in [0, 0.1) is 0 Å². The van der Waals surface area contributed by atoms with E-state index in [1.165, 1.54) is 0 Å². The van der Waals surface area contributed by atoms with Crippen molar-refractivity contribution >= 4 is 22.0 Å². The highest BCUT2D eigenvalue weighted by molar-refractivity contribution is 7.89. The summed E-state index contributed by atoms with van der Waals surface area (Å²) in [6, 6.07) is 2.93. The number of rotatable bonds is 5. The fraction of sp³-hybridized carbons (Fsp3) is 0.429. The van der Waals surface area contributed by atoms with E-state index >= 15 is 0 Å². The molecule has 1 fully saturated rings. The van der Waals surface area contributed by atoms with Gasteiger partial charge >= 0.3 is 12.4 Å². The van der Waals surface area contributed by atoms with Crippen molar-refractivity contribution in [3.05, 3.63) is 24.3 Å². The van der Waals surface area contributed by atoms with E-state index in [-0.39, 0.29) is 37.6 Å². The minimum absolute atomic E-state index is 0.0764. The number of primary amides is 1. The Hall–Kier alpha value is -2.38. The number of benzene rings is 1. The summed E-state index contributed by atoms with van der Waals surface area (Å²) in [6.07, 6.45) is -4.86. The lowest BCUT2D eigenvalue weighted by Gasteiger charge is -2.33. The van der Waals surface area contributed by atoms with Crippen molar-refractivity contribution in [1.29, 1.82) is 0 Å². The summed E-state index contributed by atoms with van der Waals surface area (Å²) in [6.45, 7) is 0.516. The summed E-state index contributed by atoms with van der Waals surface area (Å²) in [5, 5.41) is 1.91. The summed E-state index contributed by atoms with van der Waals surface area (Å²) in [5.41, 5.74) is 4.84. The van der Waals surface area contributed by atoms with E-state index in [1.54, 1.807) is 4.90 Å². The van der Waals surface area contributed by atoms with Gasteiger partial charge in [-0.3, -0.25) is 15.0 Å². The summed E-state index contributed by atoms with van der Waals surface area (Å²) < 4.78 is 66.5. The highest BCUT2D eigenvalue weighted by Crippen LogP contribution is 2.25. The average Bonchev–Trinajstić information content (AvgIpc) is 2.53. The van der Waals surface area contributed by atoms with Crippen molar-refractivity contribution in [2.75, 3.05) is 32.7 Å². The van der Waals surface area contributed by atoms with Crippen LogP contribution in [0.2, 0.25) is 0 Å². The molecule has 1 saturated heterocycles. The van der Waals surface area contributed by atoms with Crippen LogP contribution in [0.5, 0.6) is 5.75 Å². The van der Waals surface area contributed by atoms with Gasteiger partial charge in [0.05, 0.1) is 11.4 Å². The largest absolute Gasteiger partial charge is 0.573 e. The predicted octanol–water partition coefficient (Wildman–Crippen LogP) is 0.0864. The second-order valence-electron chi connectivity index (χ2n) is 5.61. The minimum Gasteiger partial charge on any atom is -0.406 e. The maximum atomic E-state index is 12.6. The second kappa shape index (κ2) is 8.10. The zero-order valence-corrected chi connectivity index (χ0v) is 14.7. The molecule has 0 aromatic heterocycles. The van der Waals surface area contributed by atoms with Crippen LogP contribution < -0.4 is 15.8 Å². The van der Waals surface area contributed by atoms with Crippen LogP contribution in [0.25, 0.3) is 0 Å². The first-order chi connectivity index (χ1) is 12.5. The van der Waals surface area contributed by atoms with Gasteiger partial charge < -0.3 is 10.5 Å². The molecule has 27 heavy (non-hydrogen) atoms. The Kier molecular flexibility index (Phi) is 6.28. The molecule has 13 heteroatoms. The van der Waals surface area contributed by atoms with Gasteiger partial charge in [0, 0.05) is 26.2 Å². The van der Waals surface area contributed by atoms with E-state index in [0.29, 0.717) is 0 Å². The zero-order valence-electron chi connectivity index (χ0n) is 13.9. The number of imide groups is 1. The lowest BCUT2D eigenvalue weighted by Crippen LogP contribution is -2.51. The molecule has 0 radical (unpaired) electrons. The van der Waals surface area contributed by atoms with E-state index in [0.717, 1.165) is 28.6 Å². The molecule has 1 aliphatic rings. The monoisotopic (exact) mass is 410 g/mol. The fourth-order valence-electron chi connectivity index (χ4n) is 2.47. The van der Waals surface area contributed by atoms with Crippen LogP contribution in [-0.4, -0.2) is 68.6 Å². The van der Waals surface area contributed by atoms with Crippen molar-refractivity contribution in [2.24, 2.45) is 5.73 Å². The summed E-state index contributed by atoms with van der Waals surface area (Å²) in [7, 11) is -3.90. The molecule has 0 saturated carbocycles. The molecule has 2 rings (SSSR count). The average molecular weight is 410 g/mol. The third kappa shape index (κ3) is 6.08. The van der Waals surface area contributed by atoms with Gasteiger partial charge in [0.15, 0.2) is 0 Å². The smallest absolute Gasteiger partial charge is 0.406 e. The standard InChI is InChI=1S/C14H17F3N4O5S/c15-14(16,17)26-10-1-3-11(4-2-10)27(24,25)21-7-5-20(6-8-21)9-12(22)19-13(18)23/h1-4H,5-9H2,(H3,18,19,22,23). The van der Waals surface area contributed by atoms with Crippen molar-refractivity contribution in [3.8, 4) is 5.75 Å². The van der Waals surface area contributed by atoms with Crippen molar-refractivity contribution in [1.82, 2.24) is 14.5 Å². The van der Waals surface area contributed by atoms with Gasteiger partial charge in [-0.2, -0.15) is 4.31 Å². The molecular weight excluding hydrogens is 393 g/mol. The van der Waals surface area contributed by atoms with Gasteiger partial charge in [0.1, 0.15) is 5.75 Å². The molecule has 1 aromatic carbocycles. The number of carbonyl (C=O) groups is 2. The van der Waals surface area contributed by atoms with E-state index < -0.39 is 34.1 Å². The molecular formula is C14H17F3N4O5S. The summed E-state index contributed by atoms with van der Waals surface area (Å²) in [4.78, 5) is 23.6. The van der Waals surface area contributed by atoms with Gasteiger partial charge in [-0.15, -0.1) is 13.2 Å². The quantitative estimate of drug-likeness (QED) is 0.709. The number of ether oxygens (including phenoxy) is 1. The van der Waals surface area contributed by atoms with Gasteiger partial charge in [-0.25, -0.2) is 13.2 Å². The maximum absolute atomic E-state index is 12.6. The number of nitrogens with one attached hydrogen (secondary N) is 1. The van der Waals surface area contributed by atoms with Crippen LogP contribution >= 0.6 is 0 Å². The molecule has 3 amide bonds. The first-order valence-electron chi connectivity index (χ1n) is 7.65. The summed E-state index contributed by atoms with van der Waals surface area (Å²) >= 11 is 0. The minimum atomic E-state index is -4.86. The second-order valence-corrected chi connectivity index (χ2v) is 7.55. The number of sulfonamides is 1. The first kappa shape index (κ1) is 20.9. The number of urea groups is 1. The molecule has 0 atom stereocenters. The topological polar surface area (TPSA) is 122 Å². The predicted molar refractivity (Wildman–Crippen MR) is 86.0 cm³/mol. The number of carbonyl (C=O) groups excluding carboxylic acids is 2. The highest BCUT2D eigenvalue weighted by atomic mass is 32.2. The number of nitrogens with two attached hydrogens (primary N) is 1. The molecule has 1 aliphatic heterocycles. The van der Waals surface area contributed by atoms with E-state index in [1.807, 2.05) is 5.32 Å². The Morgan fingerprint density at radius 1 is 1.11 bits per heavy atom. The van der Waals surface area contributed by atoms with Crippen LogP contribution in [-0.2, 0) is 14.8 Å². The Labute approximate surface area is 152 Å². The maximum Gasteiger partial charge on any atom is 0.573 e. The molecule has 0 bridgehead atoms. The third-order valence-electron chi connectivity index (χ3n) is 3.66. The Morgan fingerprint density at radius 2 is 1.67 bits per heavy atom. The van der Waals surface area contributed by atoms with Gasteiger partial charge in [-0.1, -0.05) is 0 Å². The number of hydrogen-bond acceptors (Lipinski definition) is 6. The van der Waals surface area contributed by atoms with E-state index in [2.05, 4.69) is 4.74 Å². The van der Waals surface area contributed by atoms with Crippen molar-refractivity contribution in [3.63, 3.8) is 0 Å². The van der Waals surface area contributed by atoms with Crippen molar-refractivity contribution in [2.45, 2.75) is 11.3 Å². The lowest BCUT2D eigenvalue weighted by molar-refractivity contribution is -0.274. The first-order valence-corrected chi connectivity index (χ1v) is 9.09. The fourth-order valence-corrected chi connectivity index (χ4v) is 3.89. The van der Waals surface area contributed by atoms with Crippen LogP contribution in [0.1, 0.15) is 0 Å². The van der Waals surface area contributed by atoms with Gasteiger partial charge in [-0.05, 0) is 24.3 Å². The number of piperazine rings is 1. The van der Waals surface area contributed by atoms with Crippen LogP contribution in [0.15, 0.2) is 29.2 Å². The van der Waals surface area contributed by atoms with Crippen LogP contribution in [0.4, 0.5) is 18.0 Å². The number of alkyl halides is 3. The lowest BCUT2D eigenvalue weighted by atomic mass is 10.3. The molecule has 3 N–H and O–H groups in total. The number of hydrogen-bond donors (Lipinski definition) is 2. The zero-order chi connectivity index (χ0) is 20.2. The van der Waals surface area contributed by atoms with E-state index in [4.69, 9.17) is 5.73 Å². The van der Waals surface area contributed by atoms with Crippen LogP contribution in [0.3, 0.4) is 0 Å². The van der Waals surface area contributed by atoms with Gasteiger partial charge in [0.25, 0.3) is 0 Å². The van der Waals surface area contributed by atoms with Crippen molar-refractivity contribution < 1.29 is 35.9 Å². The molecule has 1 heterocycles.